The number of aliphatic hydroxyl groups excluding tert-OH is 1. The molecule has 3 heteroatoms. The van der Waals surface area contributed by atoms with E-state index in [2.05, 4.69) is 0 Å². The number of ether oxygens (including phenoxy) is 2. The Morgan fingerprint density at radius 3 is 2.77 bits per heavy atom. The van der Waals surface area contributed by atoms with Crippen molar-refractivity contribution in [3.63, 3.8) is 0 Å². The van der Waals surface area contributed by atoms with Crippen molar-refractivity contribution in [3.8, 4) is 0 Å². The first-order chi connectivity index (χ1) is 6.05. The van der Waals surface area contributed by atoms with Gasteiger partial charge >= 0.3 is 0 Å². The van der Waals surface area contributed by atoms with E-state index in [0.717, 1.165) is 6.42 Å². The van der Waals surface area contributed by atoms with Gasteiger partial charge < -0.3 is 14.6 Å². The average molecular weight is 186 g/mol. The minimum Gasteiger partial charge on any atom is -0.386 e. The molecule has 0 saturated carbocycles. The number of rotatable bonds is 3. The van der Waals surface area contributed by atoms with Crippen molar-refractivity contribution < 1.29 is 14.6 Å². The lowest BCUT2D eigenvalue weighted by molar-refractivity contribution is -0.147. The minimum absolute atomic E-state index is 0.224. The highest BCUT2D eigenvalue weighted by Gasteiger charge is 2.35. The lowest BCUT2D eigenvalue weighted by atomic mass is 10.2. The van der Waals surface area contributed by atoms with Gasteiger partial charge in [0.25, 0.3) is 0 Å². The molecule has 1 N–H and O–H groups in total. The fraction of sp³-hybridized carbons (Fsp3) is 0.800. The van der Waals surface area contributed by atoms with E-state index in [9.17, 15) is 5.11 Å². The second-order valence-electron chi connectivity index (χ2n) is 3.69. The first-order valence-corrected chi connectivity index (χ1v) is 4.71. The van der Waals surface area contributed by atoms with Crippen molar-refractivity contribution in [2.45, 2.75) is 45.2 Å². The molecule has 0 aromatic rings. The molecule has 1 aliphatic rings. The summed E-state index contributed by atoms with van der Waals surface area (Å²) in [6, 6.07) is 0. The Hall–Kier alpha value is -0.380. The van der Waals surface area contributed by atoms with Crippen LogP contribution in [0.15, 0.2) is 12.2 Å². The van der Waals surface area contributed by atoms with E-state index in [4.69, 9.17) is 9.47 Å². The zero-order valence-electron chi connectivity index (χ0n) is 8.49. The zero-order chi connectivity index (χ0) is 9.90. The summed E-state index contributed by atoms with van der Waals surface area (Å²) in [6.07, 6.45) is 3.84. The predicted octanol–water partition coefficient (Wildman–Crippen LogP) is 1.46. The van der Waals surface area contributed by atoms with Crippen LogP contribution in [-0.4, -0.2) is 29.7 Å². The molecule has 13 heavy (non-hydrogen) atoms. The normalized spacial score (nSPS) is 29.7. The van der Waals surface area contributed by atoms with Gasteiger partial charge in [0.15, 0.2) is 5.79 Å². The molecular formula is C10H18O3. The van der Waals surface area contributed by atoms with Gasteiger partial charge in [-0.05, 0) is 20.3 Å². The second-order valence-corrected chi connectivity index (χ2v) is 3.69. The van der Waals surface area contributed by atoms with Gasteiger partial charge in [0, 0.05) is 0 Å². The maximum atomic E-state index is 9.62. The molecule has 0 spiro atoms. The Kier molecular flexibility index (Phi) is 3.47. The molecule has 0 aromatic carbocycles. The van der Waals surface area contributed by atoms with Gasteiger partial charge in [-0.2, -0.15) is 0 Å². The van der Waals surface area contributed by atoms with Crippen molar-refractivity contribution in [1.29, 1.82) is 0 Å². The van der Waals surface area contributed by atoms with E-state index in [-0.39, 0.29) is 6.10 Å². The highest BCUT2D eigenvalue weighted by Crippen LogP contribution is 2.24. The van der Waals surface area contributed by atoms with E-state index in [1.54, 1.807) is 6.08 Å². The number of hydrogen-bond donors (Lipinski definition) is 1. The maximum absolute atomic E-state index is 9.62. The van der Waals surface area contributed by atoms with E-state index in [0.29, 0.717) is 6.61 Å². The second kappa shape index (κ2) is 4.22. The lowest BCUT2D eigenvalue weighted by Crippen LogP contribution is -2.29. The van der Waals surface area contributed by atoms with Crippen LogP contribution >= 0.6 is 0 Å². The van der Waals surface area contributed by atoms with E-state index in [1.165, 1.54) is 0 Å². The van der Waals surface area contributed by atoms with E-state index >= 15 is 0 Å². The van der Waals surface area contributed by atoms with Crippen LogP contribution in [-0.2, 0) is 9.47 Å². The average Bonchev–Trinajstić information content (AvgIpc) is 2.42. The van der Waals surface area contributed by atoms with Crippen LogP contribution in [0.2, 0.25) is 0 Å². The molecule has 3 nitrogen and oxygen atoms in total. The summed E-state index contributed by atoms with van der Waals surface area (Å²) in [5.41, 5.74) is 0. The van der Waals surface area contributed by atoms with Gasteiger partial charge in [-0.3, -0.25) is 0 Å². The van der Waals surface area contributed by atoms with Crippen molar-refractivity contribution in [2.75, 3.05) is 6.61 Å². The van der Waals surface area contributed by atoms with Gasteiger partial charge in [-0.15, -0.1) is 0 Å². The monoisotopic (exact) mass is 186 g/mol. The van der Waals surface area contributed by atoms with Gasteiger partial charge in [-0.25, -0.2) is 0 Å². The van der Waals surface area contributed by atoms with E-state index in [1.807, 2.05) is 26.8 Å². The fourth-order valence-electron chi connectivity index (χ4n) is 1.28. The summed E-state index contributed by atoms with van der Waals surface area (Å²) in [5.74, 6) is -0.550. The molecule has 1 aliphatic heterocycles. The lowest BCUT2D eigenvalue weighted by Gasteiger charge is -2.18. The standard InChI is InChI=1S/C10H18O3/c1-4-5-6-8(11)9-7-12-10(2,3)13-9/h5-6,8-9,11H,4,7H2,1-3H3/b6-5+/t8-,9-/m1/s1. The molecule has 1 rings (SSSR count). The molecule has 0 aromatic heterocycles. The van der Waals surface area contributed by atoms with Gasteiger partial charge in [-0.1, -0.05) is 19.1 Å². The Morgan fingerprint density at radius 2 is 2.31 bits per heavy atom. The number of allylic oxidation sites excluding steroid dienone is 1. The third kappa shape index (κ3) is 3.10. The first-order valence-electron chi connectivity index (χ1n) is 4.71. The van der Waals surface area contributed by atoms with Gasteiger partial charge in [0.05, 0.1) is 6.61 Å². The van der Waals surface area contributed by atoms with Gasteiger partial charge in [0.1, 0.15) is 12.2 Å². The van der Waals surface area contributed by atoms with Crippen LogP contribution < -0.4 is 0 Å². The Morgan fingerprint density at radius 1 is 1.62 bits per heavy atom. The third-order valence-corrected chi connectivity index (χ3v) is 1.98. The zero-order valence-corrected chi connectivity index (χ0v) is 8.49. The molecule has 0 aliphatic carbocycles. The first kappa shape index (κ1) is 10.7. The highest BCUT2D eigenvalue weighted by molar-refractivity contribution is 4.94. The SMILES string of the molecule is CC/C=C/[C@@H](O)[C@H]1COC(C)(C)O1. The van der Waals surface area contributed by atoms with Crippen LogP contribution in [0.5, 0.6) is 0 Å². The minimum atomic E-state index is -0.554. The Balaban J connectivity index is 2.42. The van der Waals surface area contributed by atoms with E-state index < -0.39 is 11.9 Å². The quantitative estimate of drug-likeness (QED) is 0.678. The molecule has 76 valence electrons. The summed E-state index contributed by atoms with van der Waals surface area (Å²) in [5, 5.41) is 9.62. The molecule has 1 fully saturated rings. The Bertz CT molecular complexity index is 187. The molecule has 1 heterocycles. The van der Waals surface area contributed by atoms with Crippen molar-refractivity contribution in [3.05, 3.63) is 12.2 Å². The molecule has 0 radical (unpaired) electrons. The van der Waals surface area contributed by atoms with Crippen LogP contribution in [0.3, 0.4) is 0 Å². The van der Waals surface area contributed by atoms with Crippen molar-refractivity contribution in [2.24, 2.45) is 0 Å². The molecule has 0 unspecified atom stereocenters. The number of aliphatic hydroxyl groups is 1. The fourth-order valence-corrected chi connectivity index (χ4v) is 1.28. The molecule has 1 saturated heterocycles. The summed E-state index contributed by atoms with van der Waals surface area (Å²) < 4.78 is 10.8. The maximum Gasteiger partial charge on any atom is 0.163 e. The van der Waals surface area contributed by atoms with Crippen LogP contribution in [0.25, 0.3) is 0 Å². The summed E-state index contributed by atoms with van der Waals surface area (Å²) in [4.78, 5) is 0. The summed E-state index contributed by atoms with van der Waals surface area (Å²) in [6.45, 7) is 6.19. The molecule has 0 bridgehead atoms. The summed E-state index contributed by atoms with van der Waals surface area (Å²) >= 11 is 0. The van der Waals surface area contributed by atoms with Crippen molar-refractivity contribution >= 4 is 0 Å². The smallest absolute Gasteiger partial charge is 0.163 e. The molecule has 0 amide bonds. The Labute approximate surface area is 79.3 Å². The highest BCUT2D eigenvalue weighted by atomic mass is 16.7. The van der Waals surface area contributed by atoms with Crippen LogP contribution in [0.4, 0.5) is 0 Å². The largest absolute Gasteiger partial charge is 0.386 e. The predicted molar refractivity (Wildman–Crippen MR) is 50.3 cm³/mol. The molecular weight excluding hydrogens is 168 g/mol. The van der Waals surface area contributed by atoms with Crippen molar-refractivity contribution in [1.82, 2.24) is 0 Å². The van der Waals surface area contributed by atoms with Crippen LogP contribution in [0, 0.1) is 0 Å². The summed E-state index contributed by atoms with van der Waals surface area (Å²) in [7, 11) is 0. The molecule has 2 atom stereocenters. The third-order valence-electron chi connectivity index (χ3n) is 1.98. The topological polar surface area (TPSA) is 38.7 Å². The van der Waals surface area contributed by atoms with Crippen LogP contribution in [0.1, 0.15) is 27.2 Å². The number of hydrogen-bond acceptors (Lipinski definition) is 3. The van der Waals surface area contributed by atoms with Gasteiger partial charge in [0.2, 0.25) is 0 Å².